The summed E-state index contributed by atoms with van der Waals surface area (Å²) in [7, 11) is 0. The fraction of sp³-hybridized carbons (Fsp3) is 0.476. The summed E-state index contributed by atoms with van der Waals surface area (Å²) in [5.41, 5.74) is 7.17. The number of nitrogens with zero attached hydrogens (tertiary/aromatic N) is 1. The first-order valence-electron chi connectivity index (χ1n) is 10.2. The number of amides is 2. The average molecular weight is 542 g/mol. The highest BCUT2D eigenvalue weighted by atomic mass is 35.5. The van der Waals surface area contributed by atoms with Crippen LogP contribution in [0.2, 0.25) is 0 Å². The molecule has 0 unspecified atom stereocenters. The quantitative estimate of drug-likeness (QED) is 0.430. The maximum Gasteiger partial charge on any atom is 0.425 e. The van der Waals surface area contributed by atoms with E-state index >= 15 is 0 Å². The van der Waals surface area contributed by atoms with E-state index < -0.39 is 23.1 Å². The molecule has 0 radical (unpaired) electrons. The average Bonchev–Trinajstić information content (AvgIpc) is 3.37. The molecule has 34 heavy (non-hydrogen) atoms. The molecule has 7 nitrogen and oxygen atoms in total. The number of aryl methyl sites for hydroxylation is 1. The highest BCUT2D eigenvalue weighted by Crippen LogP contribution is 2.35. The van der Waals surface area contributed by atoms with Crippen molar-refractivity contribution in [2.24, 2.45) is 5.92 Å². The minimum Gasteiger partial charge on any atom is -0.384 e. The van der Waals surface area contributed by atoms with E-state index in [1.54, 1.807) is 26.0 Å². The van der Waals surface area contributed by atoms with E-state index in [1.165, 1.54) is 6.07 Å². The number of carbonyl (C=O) groups is 2. The van der Waals surface area contributed by atoms with Crippen molar-refractivity contribution in [1.29, 1.82) is 0 Å². The lowest BCUT2D eigenvalue weighted by Gasteiger charge is -2.17. The van der Waals surface area contributed by atoms with Gasteiger partial charge in [-0.15, -0.1) is 36.2 Å². The first kappa shape index (κ1) is 30.0. The first-order chi connectivity index (χ1) is 15.0. The fourth-order valence-corrected chi connectivity index (χ4v) is 4.59. The number of halogens is 5. The third-order valence-corrected chi connectivity index (χ3v) is 6.54. The van der Waals surface area contributed by atoms with Crippen molar-refractivity contribution in [3.8, 4) is 0 Å². The minimum absolute atomic E-state index is 0. The van der Waals surface area contributed by atoms with Crippen molar-refractivity contribution in [3.05, 3.63) is 45.3 Å². The van der Waals surface area contributed by atoms with Crippen LogP contribution in [-0.2, 0) is 28.7 Å². The van der Waals surface area contributed by atoms with Crippen molar-refractivity contribution in [2.45, 2.75) is 51.5 Å². The number of pyridine rings is 1. The number of nitrogens with two attached hydrogens (primary N) is 1. The molecule has 1 aliphatic rings. The third kappa shape index (κ3) is 8.00. The van der Waals surface area contributed by atoms with Gasteiger partial charge in [0.15, 0.2) is 0 Å². The van der Waals surface area contributed by atoms with Gasteiger partial charge in [0.25, 0.3) is 0 Å². The predicted molar refractivity (Wildman–Crippen MR) is 130 cm³/mol. The van der Waals surface area contributed by atoms with E-state index in [4.69, 9.17) is 5.73 Å². The van der Waals surface area contributed by atoms with Crippen LogP contribution < -0.4 is 21.7 Å². The lowest BCUT2D eigenvalue weighted by Crippen LogP contribution is -2.50. The van der Waals surface area contributed by atoms with Gasteiger partial charge in [0, 0.05) is 17.1 Å². The Morgan fingerprint density at radius 3 is 2.59 bits per heavy atom. The van der Waals surface area contributed by atoms with Gasteiger partial charge in [0.05, 0.1) is 6.04 Å². The molecule has 0 bridgehead atoms. The topological polar surface area (TPSA) is 109 Å². The number of thiophene rings is 1. The maximum absolute atomic E-state index is 12.8. The largest absolute Gasteiger partial charge is 0.425 e. The highest BCUT2D eigenvalue weighted by Gasteiger charge is 2.34. The van der Waals surface area contributed by atoms with E-state index in [0.717, 1.165) is 28.7 Å². The Morgan fingerprint density at radius 2 is 1.97 bits per heavy atom. The molecule has 0 aromatic carbocycles. The molecule has 13 heteroatoms. The molecule has 2 amide bonds. The molecule has 2 aromatic heterocycles. The number of hydrogen-bond acceptors (Lipinski definition) is 6. The van der Waals surface area contributed by atoms with Crippen molar-refractivity contribution in [2.75, 3.05) is 12.3 Å². The number of nitrogen functional groups attached to an aromatic ring is 1. The van der Waals surface area contributed by atoms with Crippen LogP contribution >= 0.6 is 36.2 Å². The smallest absolute Gasteiger partial charge is 0.384 e. The van der Waals surface area contributed by atoms with Gasteiger partial charge in [-0.25, -0.2) is 4.98 Å². The van der Waals surface area contributed by atoms with Gasteiger partial charge in [-0.05, 0) is 62.9 Å². The molecule has 2 aromatic rings. The molecular weight excluding hydrogens is 514 g/mol. The van der Waals surface area contributed by atoms with Gasteiger partial charge < -0.3 is 21.7 Å². The van der Waals surface area contributed by atoms with Crippen LogP contribution in [0.15, 0.2) is 24.3 Å². The third-order valence-electron chi connectivity index (χ3n) is 5.39. The fourth-order valence-electron chi connectivity index (χ4n) is 3.60. The van der Waals surface area contributed by atoms with Gasteiger partial charge in [-0.2, -0.15) is 13.2 Å². The zero-order valence-electron chi connectivity index (χ0n) is 18.6. The number of anilines is 1. The molecule has 0 saturated carbocycles. The second kappa shape index (κ2) is 12.6. The number of carbonyl (C=O) groups excluding carboxylic acids is 2. The van der Waals surface area contributed by atoms with Gasteiger partial charge in [0.1, 0.15) is 16.7 Å². The summed E-state index contributed by atoms with van der Waals surface area (Å²) in [6.45, 7) is 4.19. The number of hydrogen-bond donors (Lipinski definition) is 4. The molecule has 190 valence electrons. The second-order valence-electron chi connectivity index (χ2n) is 7.96. The molecule has 0 spiro atoms. The Labute approximate surface area is 212 Å². The van der Waals surface area contributed by atoms with Crippen LogP contribution in [0.1, 0.15) is 34.4 Å². The van der Waals surface area contributed by atoms with E-state index in [2.05, 4.69) is 20.9 Å². The van der Waals surface area contributed by atoms with E-state index in [9.17, 15) is 22.8 Å². The van der Waals surface area contributed by atoms with Crippen LogP contribution in [-0.4, -0.2) is 35.4 Å². The number of aromatic nitrogens is 1. The Morgan fingerprint density at radius 1 is 1.26 bits per heavy atom. The number of alkyl halides is 3. The molecule has 0 aliphatic carbocycles. The summed E-state index contributed by atoms with van der Waals surface area (Å²) >= 11 is 0.739. The van der Waals surface area contributed by atoms with E-state index in [-0.39, 0.29) is 49.1 Å². The zero-order valence-corrected chi connectivity index (χ0v) is 21.0. The number of nitrogens with one attached hydrogen (secondary N) is 3. The lowest BCUT2D eigenvalue weighted by atomic mass is 10.0. The Hall–Kier alpha value is -2.08. The SMILES string of the molecule is Cc1nc(N)ccc1CNC(=O)[C@H](C)NC(=O)[C@H]1C[C@H](Cc2ccc(C(F)(F)F)s2)CN1.Cl.Cl. The highest BCUT2D eigenvalue weighted by molar-refractivity contribution is 7.12. The van der Waals surface area contributed by atoms with E-state index in [0.29, 0.717) is 30.1 Å². The molecular formula is C21H28Cl2F3N5O2S. The molecule has 1 saturated heterocycles. The van der Waals surface area contributed by atoms with Crippen molar-refractivity contribution >= 4 is 53.8 Å². The predicted octanol–water partition coefficient (Wildman–Crippen LogP) is 3.24. The summed E-state index contributed by atoms with van der Waals surface area (Å²) in [5, 5.41) is 8.56. The Kier molecular flexibility index (Phi) is 11.1. The lowest BCUT2D eigenvalue weighted by molar-refractivity contribution is -0.134. The maximum atomic E-state index is 12.8. The molecule has 5 N–H and O–H groups in total. The van der Waals surface area contributed by atoms with Crippen LogP contribution in [0.25, 0.3) is 0 Å². The molecule has 1 fully saturated rings. The summed E-state index contributed by atoms with van der Waals surface area (Å²) < 4.78 is 38.3. The molecule has 3 rings (SSSR count). The van der Waals surface area contributed by atoms with Crippen molar-refractivity contribution in [3.63, 3.8) is 0 Å². The first-order valence-corrected chi connectivity index (χ1v) is 11.0. The number of rotatable bonds is 7. The Bertz CT molecular complexity index is 990. The summed E-state index contributed by atoms with van der Waals surface area (Å²) in [6.07, 6.45) is -3.36. The molecule has 3 heterocycles. The van der Waals surface area contributed by atoms with Crippen LogP contribution in [0, 0.1) is 12.8 Å². The van der Waals surface area contributed by atoms with Gasteiger partial charge in [-0.3, -0.25) is 9.59 Å². The van der Waals surface area contributed by atoms with Gasteiger partial charge in [-0.1, -0.05) is 6.07 Å². The monoisotopic (exact) mass is 541 g/mol. The minimum atomic E-state index is -4.33. The summed E-state index contributed by atoms with van der Waals surface area (Å²) in [4.78, 5) is 29.1. The summed E-state index contributed by atoms with van der Waals surface area (Å²) in [6, 6.07) is 4.80. The second-order valence-corrected chi connectivity index (χ2v) is 9.13. The standard InChI is InChI=1S/C21H26F3N5O2S.2ClH/c1-11-14(3-6-18(25)28-11)10-27-19(30)12(2)29-20(31)16-8-13(9-26-16)7-15-4-5-17(32-15)21(22,23)24;;/h3-6,12-13,16,26H,7-10H2,1-2H3,(H2,25,28)(H,27,30)(H,29,31);2*1H/t12-,13-,16+;;/m0../s1. The summed E-state index contributed by atoms with van der Waals surface area (Å²) in [5.74, 6) is -0.180. The molecule has 3 atom stereocenters. The van der Waals surface area contributed by atoms with Crippen molar-refractivity contribution < 1.29 is 22.8 Å². The van der Waals surface area contributed by atoms with Gasteiger partial charge >= 0.3 is 6.18 Å². The van der Waals surface area contributed by atoms with Gasteiger partial charge in [0.2, 0.25) is 11.8 Å². The normalized spacial score (nSPS) is 18.4. The Balaban J connectivity index is 0.00000289. The van der Waals surface area contributed by atoms with Crippen molar-refractivity contribution in [1.82, 2.24) is 20.9 Å². The van der Waals surface area contributed by atoms with Crippen LogP contribution in [0.4, 0.5) is 19.0 Å². The van der Waals surface area contributed by atoms with Crippen LogP contribution in [0.5, 0.6) is 0 Å². The molecule has 1 aliphatic heterocycles. The van der Waals surface area contributed by atoms with Crippen LogP contribution in [0.3, 0.4) is 0 Å². The van der Waals surface area contributed by atoms with E-state index in [1.807, 2.05) is 0 Å². The zero-order chi connectivity index (χ0) is 23.5.